The van der Waals surface area contributed by atoms with Crippen LogP contribution in [-0.2, 0) is 18.9 Å². The summed E-state index contributed by atoms with van der Waals surface area (Å²) < 4.78 is 25.7. The summed E-state index contributed by atoms with van der Waals surface area (Å²) in [5.41, 5.74) is -0.453. The van der Waals surface area contributed by atoms with Gasteiger partial charge in [0.2, 0.25) is 0 Å². The molecule has 3 saturated heterocycles. The number of amides is 1. The number of carbonyl (C=O) groups excluding carboxylic acids is 2. The average Bonchev–Trinajstić information content (AvgIpc) is 3.70. The quantitative estimate of drug-likeness (QED) is 0.235. The van der Waals surface area contributed by atoms with Gasteiger partial charge in [-0.25, -0.2) is 4.79 Å². The topological polar surface area (TPSA) is 126 Å². The van der Waals surface area contributed by atoms with Crippen molar-refractivity contribution in [3.63, 3.8) is 0 Å². The fourth-order valence-electron chi connectivity index (χ4n) is 5.95. The van der Waals surface area contributed by atoms with Crippen LogP contribution < -0.4 is 40.1 Å². The summed E-state index contributed by atoms with van der Waals surface area (Å²) in [6.45, 7) is 7.60. The number of rotatable bonds is 7. The van der Waals surface area contributed by atoms with Gasteiger partial charge in [-0.1, -0.05) is 11.6 Å². The molecule has 5 rings (SSSR count). The van der Waals surface area contributed by atoms with Crippen LogP contribution in [0.1, 0.15) is 56.4 Å². The van der Waals surface area contributed by atoms with E-state index in [1.165, 1.54) is 24.0 Å². The van der Waals surface area contributed by atoms with Gasteiger partial charge in [0.05, 0.1) is 36.2 Å². The minimum absolute atomic E-state index is 0. The average molecular weight is 525 g/mol. The largest absolute Gasteiger partial charge is 1.00 e. The number of epoxide rings is 2. The molecule has 1 saturated carbocycles. The Hall–Kier alpha value is -1.69. The van der Waals surface area contributed by atoms with Crippen LogP contribution in [0.4, 0.5) is 4.79 Å². The van der Waals surface area contributed by atoms with Crippen molar-refractivity contribution in [2.75, 3.05) is 26.8 Å². The van der Waals surface area contributed by atoms with Gasteiger partial charge < -0.3 is 38.3 Å². The molecule has 196 valence electrons. The number of carboxylic acid groups (broad SMARTS) is 1. The Morgan fingerprint density at radius 3 is 2.59 bits per heavy atom. The predicted molar refractivity (Wildman–Crippen MR) is 125 cm³/mol. The maximum atomic E-state index is 13.0. The number of carbonyl (C=O) groups is 2. The van der Waals surface area contributed by atoms with E-state index in [-0.39, 0.29) is 59.3 Å². The van der Waals surface area contributed by atoms with E-state index in [1.54, 1.807) is 16.6 Å². The first-order valence-electron chi connectivity index (χ1n) is 12.4. The molecular formula is C26H33N2NaO8. The number of aromatic nitrogens is 1. The summed E-state index contributed by atoms with van der Waals surface area (Å²) >= 11 is 0. The van der Waals surface area contributed by atoms with Crippen molar-refractivity contribution in [3.05, 3.63) is 45.9 Å². The Bertz CT molecular complexity index is 1140. The zero-order chi connectivity index (χ0) is 25.8. The molecular weight excluding hydrogens is 491 g/mol. The van der Waals surface area contributed by atoms with Crippen LogP contribution >= 0.6 is 0 Å². The van der Waals surface area contributed by atoms with E-state index in [0.717, 1.165) is 12.8 Å². The normalized spacial score (nSPS) is 34.2. The van der Waals surface area contributed by atoms with Gasteiger partial charge in [-0.3, -0.25) is 4.79 Å². The molecule has 0 unspecified atom stereocenters. The molecule has 4 heterocycles. The van der Waals surface area contributed by atoms with Crippen molar-refractivity contribution in [1.29, 1.82) is 0 Å². The summed E-state index contributed by atoms with van der Waals surface area (Å²) in [4.78, 5) is 37.4. The fraction of sp³-hybridized carbons (Fsp3) is 0.654. The van der Waals surface area contributed by atoms with Gasteiger partial charge in [-0.05, 0) is 40.0 Å². The van der Waals surface area contributed by atoms with Crippen molar-refractivity contribution in [3.8, 4) is 0 Å². The summed E-state index contributed by atoms with van der Waals surface area (Å²) in [5, 5.41) is 11.2. The molecule has 10 nitrogen and oxygen atoms in total. The molecule has 0 N–H and O–H groups in total. The van der Waals surface area contributed by atoms with Crippen molar-refractivity contribution < 1.29 is 63.2 Å². The van der Waals surface area contributed by atoms with Gasteiger partial charge >= 0.3 is 35.7 Å². The number of pyridine rings is 1. The third kappa shape index (κ3) is 5.29. The second-order valence-electron chi connectivity index (χ2n) is 10.8. The Labute approximate surface area is 238 Å². The van der Waals surface area contributed by atoms with E-state index in [0.29, 0.717) is 26.1 Å². The van der Waals surface area contributed by atoms with Crippen molar-refractivity contribution in [2.45, 2.75) is 75.6 Å². The molecule has 1 amide bonds. The second kappa shape index (κ2) is 10.5. The number of nitrogens with zero attached hydrogens (tertiary/aromatic N) is 2. The number of hydrogen-bond donors (Lipinski definition) is 0. The maximum absolute atomic E-state index is 13.0. The minimum atomic E-state index is -1.52. The minimum Gasteiger partial charge on any atom is -0.545 e. The van der Waals surface area contributed by atoms with E-state index in [1.807, 2.05) is 0 Å². The molecule has 1 aromatic heterocycles. The first-order chi connectivity index (χ1) is 17.1. The number of aromatic carboxylic acids is 1. The van der Waals surface area contributed by atoms with Crippen LogP contribution in [0.2, 0.25) is 0 Å². The number of methoxy groups -OCH3 is 1. The van der Waals surface area contributed by atoms with E-state index in [9.17, 15) is 19.5 Å². The number of hydrogen-bond acceptors (Lipinski definition) is 8. The molecule has 1 spiro atoms. The molecule has 0 aromatic carbocycles. The molecule has 11 heteroatoms. The van der Waals surface area contributed by atoms with Crippen LogP contribution in [0.3, 0.4) is 0 Å². The smallest absolute Gasteiger partial charge is 0.545 e. The van der Waals surface area contributed by atoms with E-state index >= 15 is 0 Å². The summed E-state index contributed by atoms with van der Waals surface area (Å²) in [6, 6.07) is 1.05. The summed E-state index contributed by atoms with van der Waals surface area (Å²) in [7, 11) is 1.64. The second-order valence-corrected chi connectivity index (χ2v) is 10.8. The third-order valence-corrected chi connectivity index (χ3v) is 8.19. The maximum Gasteiger partial charge on any atom is 1.00 e. The number of likely N-dealkylation sites (tertiary alicyclic amines) is 1. The zero-order valence-electron chi connectivity index (χ0n) is 22.1. The fourth-order valence-corrected chi connectivity index (χ4v) is 5.95. The van der Waals surface area contributed by atoms with Gasteiger partial charge in [0.25, 0.3) is 0 Å². The Morgan fingerprint density at radius 2 is 2.00 bits per heavy atom. The number of allylic oxidation sites excluding steroid dienone is 1. The van der Waals surface area contributed by atoms with E-state index < -0.39 is 34.8 Å². The van der Waals surface area contributed by atoms with Crippen LogP contribution in [0, 0.1) is 5.92 Å². The monoisotopic (exact) mass is 524 g/mol. The number of carboxylic acids is 1. The van der Waals surface area contributed by atoms with Crippen molar-refractivity contribution in [1.82, 2.24) is 9.47 Å². The Kier molecular flexibility index (Phi) is 8.01. The molecule has 1 aromatic rings. The predicted octanol–water partition coefficient (Wildman–Crippen LogP) is -1.71. The van der Waals surface area contributed by atoms with Crippen LogP contribution in [0.25, 0.3) is 0 Å². The SMILES string of the molecule is CO[C@@H]1[C@H](OC(=O)N2CC(n3ccc(=O)c(C(=O)[O-])c3)C2)CC[C@]2(CO2)[C@H]1[C@@]1(C)O[C@@H]1CC=C(C)C.[Na+]. The Morgan fingerprint density at radius 1 is 1.30 bits per heavy atom. The molecule has 4 fully saturated rings. The van der Waals surface area contributed by atoms with Gasteiger partial charge in [0.1, 0.15) is 23.4 Å². The Balaban J connectivity index is 0.00000320. The molecule has 0 radical (unpaired) electrons. The molecule has 0 bridgehead atoms. The molecule has 6 atom stereocenters. The van der Waals surface area contributed by atoms with Crippen molar-refractivity contribution >= 4 is 12.1 Å². The van der Waals surface area contributed by atoms with Gasteiger partial charge in [0.15, 0.2) is 5.43 Å². The standard InChI is InChI=1S/C26H34N2O8.Na/c1-15(2)5-6-20-25(3,36-20)22-21(33-4)19(7-9-26(22)14-34-26)35-24(32)28-11-16(12-28)27-10-8-18(29)17(13-27)23(30)31;/h5,8,10,13,16,19-22H,6-7,9,11-12,14H2,1-4H3,(H,30,31);/q;+1/p-1/t19-,20-,21-,22-,25+,26+;/m1./s1. The van der Waals surface area contributed by atoms with Crippen LogP contribution in [0.15, 0.2) is 34.9 Å². The molecule has 1 aliphatic carbocycles. The van der Waals surface area contributed by atoms with Gasteiger partial charge in [-0.2, -0.15) is 0 Å². The van der Waals surface area contributed by atoms with Crippen molar-refractivity contribution in [2.24, 2.45) is 5.92 Å². The first kappa shape index (κ1) is 28.3. The van der Waals surface area contributed by atoms with Gasteiger partial charge in [0, 0.05) is 38.7 Å². The van der Waals surface area contributed by atoms with Crippen LogP contribution in [-0.4, -0.2) is 77.8 Å². The van der Waals surface area contributed by atoms with Gasteiger partial charge in [-0.15, -0.1) is 0 Å². The first-order valence-corrected chi connectivity index (χ1v) is 12.4. The van der Waals surface area contributed by atoms with E-state index in [4.69, 9.17) is 18.9 Å². The zero-order valence-corrected chi connectivity index (χ0v) is 24.1. The summed E-state index contributed by atoms with van der Waals surface area (Å²) in [5.74, 6) is -1.57. The summed E-state index contributed by atoms with van der Waals surface area (Å²) in [6.07, 6.45) is 6.05. The molecule has 3 aliphatic heterocycles. The number of ether oxygens (including phenoxy) is 4. The third-order valence-electron chi connectivity index (χ3n) is 8.19. The molecule has 4 aliphatic rings. The van der Waals surface area contributed by atoms with E-state index in [2.05, 4.69) is 26.8 Å². The van der Waals surface area contributed by atoms with Crippen LogP contribution in [0.5, 0.6) is 0 Å². The molecule has 37 heavy (non-hydrogen) atoms.